The molecule has 19 heavy (non-hydrogen) atoms. The molecule has 3 atom stereocenters. The van der Waals surface area contributed by atoms with Gasteiger partial charge in [-0.25, -0.2) is 0 Å². The Morgan fingerprint density at radius 3 is 2.63 bits per heavy atom. The van der Waals surface area contributed by atoms with E-state index in [1.807, 2.05) is 37.3 Å². The van der Waals surface area contributed by atoms with E-state index in [4.69, 9.17) is 5.73 Å². The van der Waals surface area contributed by atoms with Crippen molar-refractivity contribution in [2.24, 2.45) is 11.7 Å². The lowest BCUT2D eigenvalue weighted by Crippen LogP contribution is -2.42. The van der Waals surface area contributed by atoms with Gasteiger partial charge < -0.3 is 11.1 Å². The van der Waals surface area contributed by atoms with E-state index in [2.05, 4.69) is 5.32 Å². The van der Waals surface area contributed by atoms with Crippen LogP contribution in [0.3, 0.4) is 0 Å². The summed E-state index contributed by atoms with van der Waals surface area (Å²) in [6, 6.07) is 10.1. The molecule has 1 fully saturated rings. The maximum absolute atomic E-state index is 12.4. The minimum atomic E-state index is -0.0198. The quantitative estimate of drug-likeness (QED) is 0.821. The van der Waals surface area contributed by atoms with Crippen molar-refractivity contribution in [3.05, 3.63) is 35.9 Å². The molecule has 0 heterocycles. The van der Waals surface area contributed by atoms with Gasteiger partial charge in [-0.05, 0) is 25.3 Å². The molecule has 0 spiro atoms. The number of rotatable bonds is 3. The van der Waals surface area contributed by atoms with Crippen LogP contribution in [0.1, 0.15) is 50.6 Å². The summed E-state index contributed by atoms with van der Waals surface area (Å²) in [6.45, 7) is 2.02. The zero-order valence-corrected chi connectivity index (χ0v) is 11.6. The Labute approximate surface area is 115 Å². The van der Waals surface area contributed by atoms with Crippen molar-refractivity contribution >= 4 is 5.91 Å². The number of nitrogens with one attached hydrogen (secondary N) is 1. The Morgan fingerprint density at radius 2 is 1.89 bits per heavy atom. The summed E-state index contributed by atoms with van der Waals surface area (Å²) in [4.78, 5) is 12.4. The van der Waals surface area contributed by atoms with Gasteiger partial charge in [0.25, 0.3) is 0 Å². The molecule has 0 radical (unpaired) electrons. The second-order valence-electron chi connectivity index (χ2n) is 5.55. The molecule has 1 aromatic rings. The number of benzene rings is 1. The van der Waals surface area contributed by atoms with Gasteiger partial charge in [-0.2, -0.15) is 0 Å². The molecule has 104 valence electrons. The van der Waals surface area contributed by atoms with Crippen molar-refractivity contribution in [3.63, 3.8) is 0 Å². The largest absolute Gasteiger partial charge is 0.349 e. The summed E-state index contributed by atoms with van der Waals surface area (Å²) in [6.07, 6.45) is 5.36. The topological polar surface area (TPSA) is 55.1 Å². The summed E-state index contributed by atoms with van der Waals surface area (Å²) < 4.78 is 0. The molecule has 1 aromatic carbocycles. The van der Waals surface area contributed by atoms with E-state index in [9.17, 15) is 4.79 Å². The Balaban J connectivity index is 1.96. The van der Waals surface area contributed by atoms with Crippen molar-refractivity contribution in [1.29, 1.82) is 0 Å². The maximum atomic E-state index is 12.4. The maximum Gasteiger partial charge on any atom is 0.225 e. The number of hydrogen-bond acceptors (Lipinski definition) is 2. The third kappa shape index (κ3) is 3.80. The highest BCUT2D eigenvalue weighted by Gasteiger charge is 2.27. The number of amides is 1. The molecule has 1 saturated carbocycles. The van der Waals surface area contributed by atoms with Crippen LogP contribution in [-0.2, 0) is 4.79 Å². The fraction of sp³-hybridized carbons (Fsp3) is 0.562. The lowest BCUT2D eigenvalue weighted by Gasteiger charge is -2.23. The zero-order chi connectivity index (χ0) is 13.7. The van der Waals surface area contributed by atoms with Crippen LogP contribution >= 0.6 is 0 Å². The molecular weight excluding hydrogens is 236 g/mol. The van der Waals surface area contributed by atoms with Crippen molar-refractivity contribution < 1.29 is 4.79 Å². The van der Waals surface area contributed by atoms with E-state index in [0.29, 0.717) is 0 Å². The number of hydrogen-bond donors (Lipinski definition) is 2. The Bertz CT molecular complexity index is 404. The van der Waals surface area contributed by atoms with Gasteiger partial charge in [-0.15, -0.1) is 0 Å². The molecule has 0 saturated heterocycles. The van der Waals surface area contributed by atoms with Gasteiger partial charge in [0, 0.05) is 6.04 Å². The van der Waals surface area contributed by atoms with Gasteiger partial charge >= 0.3 is 0 Å². The SMILES string of the molecule is CC(NC(=O)C1CCCCCC1N)c1ccccc1. The number of carbonyl (C=O) groups excluding carboxylic acids is 1. The van der Waals surface area contributed by atoms with Gasteiger partial charge in [0.2, 0.25) is 5.91 Å². The highest BCUT2D eigenvalue weighted by atomic mass is 16.2. The summed E-state index contributed by atoms with van der Waals surface area (Å²) in [7, 11) is 0. The molecule has 0 aromatic heterocycles. The van der Waals surface area contributed by atoms with Crippen LogP contribution in [0, 0.1) is 5.92 Å². The van der Waals surface area contributed by atoms with E-state index in [1.54, 1.807) is 0 Å². The van der Waals surface area contributed by atoms with E-state index in [1.165, 1.54) is 6.42 Å². The first kappa shape index (κ1) is 14.1. The smallest absolute Gasteiger partial charge is 0.225 e. The van der Waals surface area contributed by atoms with E-state index in [0.717, 1.165) is 31.2 Å². The minimum Gasteiger partial charge on any atom is -0.349 e. The van der Waals surface area contributed by atoms with Gasteiger partial charge in [0.05, 0.1) is 12.0 Å². The first-order valence-corrected chi connectivity index (χ1v) is 7.29. The molecule has 1 aliphatic rings. The van der Waals surface area contributed by atoms with Gasteiger partial charge in [0.1, 0.15) is 0 Å². The lowest BCUT2D eigenvalue weighted by molar-refractivity contribution is -0.126. The van der Waals surface area contributed by atoms with Crippen molar-refractivity contribution in [2.75, 3.05) is 0 Å². The fourth-order valence-electron chi connectivity index (χ4n) is 2.81. The van der Waals surface area contributed by atoms with Crippen LogP contribution in [0.4, 0.5) is 0 Å². The van der Waals surface area contributed by atoms with Crippen LogP contribution in [0.25, 0.3) is 0 Å². The first-order valence-electron chi connectivity index (χ1n) is 7.29. The average Bonchev–Trinajstić information content (AvgIpc) is 2.64. The number of carbonyl (C=O) groups is 1. The van der Waals surface area contributed by atoms with Crippen LogP contribution in [0.15, 0.2) is 30.3 Å². The molecule has 3 unspecified atom stereocenters. The van der Waals surface area contributed by atoms with Crippen LogP contribution in [0.2, 0.25) is 0 Å². The summed E-state index contributed by atoms with van der Waals surface area (Å²) in [5.74, 6) is 0.0967. The highest BCUT2D eigenvalue weighted by Crippen LogP contribution is 2.23. The van der Waals surface area contributed by atoms with Crippen molar-refractivity contribution in [2.45, 2.75) is 51.1 Å². The van der Waals surface area contributed by atoms with Gasteiger partial charge in [0.15, 0.2) is 0 Å². The summed E-state index contributed by atoms with van der Waals surface area (Å²) in [5, 5.41) is 3.11. The van der Waals surface area contributed by atoms with E-state index >= 15 is 0 Å². The average molecular weight is 260 g/mol. The predicted molar refractivity (Wildman–Crippen MR) is 77.6 cm³/mol. The lowest BCUT2D eigenvalue weighted by atomic mass is 9.94. The molecule has 3 N–H and O–H groups in total. The molecule has 0 aliphatic heterocycles. The van der Waals surface area contributed by atoms with E-state index in [-0.39, 0.29) is 23.9 Å². The molecule has 3 nitrogen and oxygen atoms in total. The van der Waals surface area contributed by atoms with Crippen LogP contribution in [0.5, 0.6) is 0 Å². The Morgan fingerprint density at radius 1 is 1.21 bits per heavy atom. The molecule has 3 heteroatoms. The highest BCUT2D eigenvalue weighted by molar-refractivity contribution is 5.79. The molecule has 1 aliphatic carbocycles. The van der Waals surface area contributed by atoms with Crippen LogP contribution < -0.4 is 11.1 Å². The first-order chi connectivity index (χ1) is 9.18. The Hall–Kier alpha value is -1.35. The summed E-state index contributed by atoms with van der Waals surface area (Å²) in [5.41, 5.74) is 7.27. The zero-order valence-electron chi connectivity index (χ0n) is 11.6. The fourth-order valence-corrected chi connectivity index (χ4v) is 2.81. The van der Waals surface area contributed by atoms with Gasteiger partial charge in [-0.3, -0.25) is 4.79 Å². The molecule has 0 bridgehead atoms. The monoisotopic (exact) mass is 260 g/mol. The van der Waals surface area contributed by atoms with Gasteiger partial charge in [-0.1, -0.05) is 49.6 Å². The second-order valence-corrected chi connectivity index (χ2v) is 5.55. The van der Waals surface area contributed by atoms with Crippen molar-refractivity contribution in [3.8, 4) is 0 Å². The Kier molecular flexibility index (Phi) is 4.97. The summed E-state index contributed by atoms with van der Waals surface area (Å²) >= 11 is 0. The second kappa shape index (κ2) is 6.71. The third-order valence-corrected chi connectivity index (χ3v) is 4.06. The third-order valence-electron chi connectivity index (χ3n) is 4.06. The van der Waals surface area contributed by atoms with Crippen molar-refractivity contribution in [1.82, 2.24) is 5.32 Å². The van der Waals surface area contributed by atoms with Crippen LogP contribution in [-0.4, -0.2) is 11.9 Å². The number of nitrogens with two attached hydrogens (primary N) is 1. The minimum absolute atomic E-state index is 0.0190. The molecule has 2 rings (SSSR count). The standard InChI is InChI=1S/C16H24N2O/c1-12(13-8-4-2-5-9-13)18-16(19)14-10-6-3-7-11-15(14)17/h2,4-5,8-9,12,14-15H,3,6-7,10-11,17H2,1H3,(H,18,19). The predicted octanol–water partition coefficient (Wildman–Crippen LogP) is 2.77. The molecule has 1 amide bonds. The molecular formula is C16H24N2O. The van der Waals surface area contributed by atoms with E-state index < -0.39 is 0 Å². The normalized spacial score (nSPS) is 25.4.